The SMILES string of the molecule is CC12CC=CC=C1NCCN2. The summed E-state index contributed by atoms with van der Waals surface area (Å²) in [7, 11) is 0. The van der Waals surface area contributed by atoms with Gasteiger partial charge in [0.1, 0.15) is 0 Å². The van der Waals surface area contributed by atoms with Gasteiger partial charge >= 0.3 is 0 Å². The number of rotatable bonds is 0. The van der Waals surface area contributed by atoms with Crippen LogP contribution >= 0.6 is 0 Å². The Hall–Kier alpha value is -0.760. The first-order valence-electron chi connectivity index (χ1n) is 4.17. The maximum Gasteiger partial charge on any atom is 0.0590 e. The second kappa shape index (κ2) is 2.38. The molecule has 0 aromatic heterocycles. The van der Waals surface area contributed by atoms with Gasteiger partial charge in [0.15, 0.2) is 0 Å². The van der Waals surface area contributed by atoms with Crippen LogP contribution in [0.15, 0.2) is 23.9 Å². The molecule has 0 amide bonds. The molecule has 2 nitrogen and oxygen atoms in total. The third kappa shape index (κ3) is 1.07. The standard InChI is InChI=1S/C9H14N2/c1-9-5-3-2-4-8(9)10-6-7-11-9/h2-4,10-11H,5-7H2,1H3. The van der Waals surface area contributed by atoms with E-state index < -0.39 is 0 Å². The van der Waals surface area contributed by atoms with Crippen molar-refractivity contribution in [2.75, 3.05) is 13.1 Å². The van der Waals surface area contributed by atoms with Crippen LogP contribution in [0.2, 0.25) is 0 Å². The molecule has 0 saturated carbocycles. The van der Waals surface area contributed by atoms with E-state index in [2.05, 4.69) is 35.8 Å². The Kier molecular flexibility index (Phi) is 1.50. The first kappa shape index (κ1) is 6.92. The van der Waals surface area contributed by atoms with Gasteiger partial charge in [-0.1, -0.05) is 12.2 Å². The predicted molar refractivity (Wildman–Crippen MR) is 46.3 cm³/mol. The molecule has 11 heavy (non-hydrogen) atoms. The summed E-state index contributed by atoms with van der Waals surface area (Å²) in [5.41, 5.74) is 1.53. The largest absolute Gasteiger partial charge is 0.386 e. The van der Waals surface area contributed by atoms with Gasteiger partial charge in [0.25, 0.3) is 0 Å². The summed E-state index contributed by atoms with van der Waals surface area (Å²) in [4.78, 5) is 0. The molecule has 2 N–H and O–H groups in total. The monoisotopic (exact) mass is 150 g/mol. The highest BCUT2D eigenvalue weighted by molar-refractivity contribution is 5.29. The van der Waals surface area contributed by atoms with E-state index in [4.69, 9.17) is 0 Å². The van der Waals surface area contributed by atoms with Crippen molar-refractivity contribution in [2.24, 2.45) is 0 Å². The Morgan fingerprint density at radius 1 is 1.45 bits per heavy atom. The summed E-state index contributed by atoms with van der Waals surface area (Å²) in [6.07, 6.45) is 7.60. The molecule has 1 atom stereocenters. The summed E-state index contributed by atoms with van der Waals surface area (Å²) in [5.74, 6) is 0. The summed E-state index contributed by atoms with van der Waals surface area (Å²) >= 11 is 0. The van der Waals surface area contributed by atoms with Gasteiger partial charge in [-0.25, -0.2) is 0 Å². The maximum atomic E-state index is 3.52. The van der Waals surface area contributed by atoms with Gasteiger partial charge in [-0.05, 0) is 19.4 Å². The van der Waals surface area contributed by atoms with Crippen LogP contribution in [0, 0.1) is 0 Å². The van der Waals surface area contributed by atoms with Gasteiger partial charge in [-0.15, -0.1) is 0 Å². The summed E-state index contributed by atoms with van der Waals surface area (Å²) in [6.45, 7) is 4.37. The maximum absolute atomic E-state index is 3.52. The zero-order chi connectivity index (χ0) is 7.73. The number of fused-ring (bicyclic) bond motifs is 1. The Balaban J connectivity index is 2.26. The van der Waals surface area contributed by atoms with Crippen molar-refractivity contribution in [1.82, 2.24) is 10.6 Å². The smallest absolute Gasteiger partial charge is 0.0590 e. The third-order valence-electron chi connectivity index (χ3n) is 2.48. The predicted octanol–water partition coefficient (Wildman–Crippen LogP) is 0.782. The van der Waals surface area contributed by atoms with Crippen molar-refractivity contribution < 1.29 is 0 Å². The summed E-state index contributed by atoms with van der Waals surface area (Å²) in [5, 5.41) is 6.92. The zero-order valence-corrected chi connectivity index (χ0v) is 6.85. The van der Waals surface area contributed by atoms with Crippen molar-refractivity contribution in [3.63, 3.8) is 0 Å². The lowest BCUT2D eigenvalue weighted by Gasteiger charge is -2.39. The molecular weight excluding hydrogens is 136 g/mol. The highest BCUT2D eigenvalue weighted by atomic mass is 15.1. The van der Waals surface area contributed by atoms with E-state index in [1.54, 1.807) is 0 Å². The normalized spacial score (nSPS) is 35.5. The highest BCUT2D eigenvalue weighted by Crippen LogP contribution is 2.24. The Morgan fingerprint density at radius 2 is 2.36 bits per heavy atom. The fourth-order valence-electron chi connectivity index (χ4n) is 1.72. The van der Waals surface area contributed by atoms with Crippen LogP contribution in [0.5, 0.6) is 0 Å². The van der Waals surface area contributed by atoms with Gasteiger partial charge in [0.2, 0.25) is 0 Å². The first-order chi connectivity index (χ1) is 5.31. The van der Waals surface area contributed by atoms with Crippen LogP contribution in [0.4, 0.5) is 0 Å². The summed E-state index contributed by atoms with van der Waals surface area (Å²) < 4.78 is 0. The van der Waals surface area contributed by atoms with Gasteiger partial charge in [-0.3, -0.25) is 0 Å². The lowest BCUT2D eigenvalue weighted by atomic mass is 9.88. The molecule has 2 rings (SSSR count). The van der Waals surface area contributed by atoms with Crippen LogP contribution < -0.4 is 10.6 Å². The van der Waals surface area contributed by atoms with E-state index in [1.165, 1.54) is 5.70 Å². The number of allylic oxidation sites excluding steroid dienone is 2. The minimum Gasteiger partial charge on any atom is -0.386 e. The van der Waals surface area contributed by atoms with E-state index in [1.807, 2.05) is 0 Å². The molecule has 0 radical (unpaired) electrons. The summed E-state index contributed by atoms with van der Waals surface area (Å²) in [6, 6.07) is 0. The molecule has 1 aliphatic heterocycles. The fraction of sp³-hybridized carbons (Fsp3) is 0.556. The molecule has 1 aliphatic carbocycles. The molecule has 1 unspecified atom stereocenters. The van der Waals surface area contributed by atoms with Crippen LogP contribution in [0.3, 0.4) is 0 Å². The molecule has 60 valence electrons. The molecule has 2 aliphatic rings. The van der Waals surface area contributed by atoms with Crippen LogP contribution in [0.1, 0.15) is 13.3 Å². The zero-order valence-electron chi connectivity index (χ0n) is 6.85. The van der Waals surface area contributed by atoms with E-state index in [9.17, 15) is 0 Å². The molecule has 0 aromatic rings. The van der Waals surface area contributed by atoms with Crippen LogP contribution in [-0.4, -0.2) is 18.6 Å². The average Bonchev–Trinajstić information content (AvgIpc) is 2.03. The van der Waals surface area contributed by atoms with Gasteiger partial charge in [0.05, 0.1) is 5.54 Å². The van der Waals surface area contributed by atoms with Crippen LogP contribution in [0.25, 0.3) is 0 Å². The van der Waals surface area contributed by atoms with E-state index in [-0.39, 0.29) is 5.54 Å². The van der Waals surface area contributed by atoms with Crippen molar-refractivity contribution in [2.45, 2.75) is 18.9 Å². The lowest BCUT2D eigenvalue weighted by Crippen LogP contribution is -2.55. The number of nitrogens with one attached hydrogen (secondary N) is 2. The van der Waals surface area contributed by atoms with Gasteiger partial charge in [0, 0.05) is 18.8 Å². The quantitative estimate of drug-likeness (QED) is 0.533. The molecule has 2 heteroatoms. The Bertz CT molecular complexity index is 218. The fourth-order valence-corrected chi connectivity index (χ4v) is 1.72. The van der Waals surface area contributed by atoms with Crippen molar-refractivity contribution in [3.8, 4) is 0 Å². The topological polar surface area (TPSA) is 24.1 Å². The number of hydrogen-bond donors (Lipinski definition) is 2. The van der Waals surface area contributed by atoms with Crippen molar-refractivity contribution in [1.29, 1.82) is 0 Å². The Morgan fingerprint density at radius 3 is 3.18 bits per heavy atom. The molecule has 0 bridgehead atoms. The molecular formula is C9H14N2. The van der Waals surface area contributed by atoms with E-state index in [0.29, 0.717) is 0 Å². The van der Waals surface area contributed by atoms with Crippen LogP contribution in [-0.2, 0) is 0 Å². The van der Waals surface area contributed by atoms with Gasteiger partial charge < -0.3 is 10.6 Å². The minimum atomic E-state index is 0.188. The van der Waals surface area contributed by atoms with E-state index in [0.717, 1.165) is 19.5 Å². The molecule has 1 fully saturated rings. The molecule has 0 spiro atoms. The van der Waals surface area contributed by atoms with E-state index >= 15 is 0 Å². The molecule has 1 heterocycles. The van der Waals surface area contributed by atoms with Gasteiger partial charge in [-0.2, -0.15) is 0 Å². The average molecular weight is 150 g/mol. The first-order valence-corrected chi connectivity index (χ1v) is 4.17. The second-order valence-electron chi connectivity index (χ2n) is 3.40. The van der Waals surface area contributed by atoms with Crippen molar-refractivity contribution in [3.05, 3.63) is 23.9 Å². The third-order valence-corrected chi connectivity index (χ3v) is 2.48. The van der Waals surface area contributed by atoms with Crippen molar-refractivity contribution >= 4 is 0 Å². The molecule has 0 aromatic carbocycles. The minimum absolute atomic E-state index is 0.188. The number of hydrogen-bond acceptors (Lipinski definition) is 2. The lowest BCUT2D eigenvalue weighted by molar-refractivity contribution is 0.354. The molecule has 1 saturated heterocycles. The number of piperazine rings is 1. The Labute approximate surface area is 67.4 Å². The second-order valence-corrected chi connectivity index (χ2v) is 3.40. The highest BCUT2D eigenvalue weighted by Gasteiger charge is 2.30.